The first-order valence-corrected chi connectivity index (χ1v) is 12.8. The van der Waals surface area contributed by atoms with Crippen molar-refractivity contribution in [3.8, 4) is 39.3 Å². The molecule has 0 aliphatic rings. The van der Waals surface area contributed by atoms with Crippen molar-refractivity contribution in [2.24, 2.45) is 0 Å². The Balaban J connectivity index is 1.44. The fraction of sp³-hybridized carbons (Fsp3) is 0. The van der Waals surface area contributed by atoms with Gasteiger partial charge in [-0.05, 0) is 71.8 Å². The number of benzene rings is 5. The van der Waals surface area contributed by atoms with E-state index < -0.39 is 0 Å². The van der Waals surface area contributed by atoms with E-state index in [1.165, 1.54) is 24.3 Å². The summed E-state index contributed by atoms with van der Waals surface area (Å²) in [6, 6.07) is 42.1. The van der Waals surface area contributed by atoms with Crippen LogP contribution in [-0.4, -0.2) is 9.55 Å². The van der Waals surface area contributed by atoms with E-state index in [2.05, 4.69) is 53.1 Å². The highest BCUT2D eigenvalue weighted by atomic mass is 19.1. The molecule has 0 aliphatic carbocycles. The van der Waals surface area contributed by atoms with Gasteiger partial charge in [-0.3, -0.25) is 0 Å². The number of pyridine rings is 1. The molecule has 2 nitrogen and oxygen atoms in total. The van der Waals surface area contributed by atoms with Crippen LogP contribution >= 0.6 is 0 Å². The first-order chi connectivity index (χ1) is 19.1. The Hall–Kier alpha value is -5.09. The van der Waals surface area contributed by atoms with Crippen LogP contribution in [0.3, 0.4) is 0 Å². The second-order valence-corrected chi connectivity index (χ2v) is 9.57. The smallest absolute Gasteiger partial charge is 0.123 e. The van der Waals surface area contributed by atoms with E-state index in [-0.39, 0.29) is 11.6 Å². The molecule has 0 saturated heterocycles. The third-order valence-corrected chi connectivity index (χ3v) is 7.09. The van der Waals surface area contributed by atoms with Gasteiger partial charge in [-0.1, -0.05) is 72.8 Å². The molecule has 7 rings (SSSR count). The Labute approximate surface area is 224 Å². The molecule has 0 unspecified atom stereocenters. The van der Waals surface area contributed by atoms with Crippen molar-refractivity contribution < 1.29 is 8.78 Å². The molecule has 0 fully saturated rings. The summed E-state index contributed by atoms with van der Waals surface area (Å²) in [6.07, 6.45) is 0. The van der Waals surface area contributed by atoms with Gasteiger partial charge in [0.25, 0.3) is 0 Å². The summed E-state index contributed by atoms with van der Waals surface area (Å²) in [5.74, 6) is -0.698. The van der Waals surface area contributed by atoms with Gasteiger partial charge < -0.3 is 4.57 Å². The minimum Gasteiger partial charge on any atom is -0.309 e. The van der Waals surface area contributed by atoms with Crippen molar-refractivity contribution >= 4 is 21.8 Å². The number of nitrogens with zero attached hydrogens (tertiary/aromatic N) is 2. The summed E-state index contributed by atoms with van der Waals surface area (Å²) in [6.45, 7) is 0. The quantitative estimate of drug-likeness (QED) is 0.232. The molecule has 2 aromatic heterocycles. The maximum Gasteiger partial charge on any atom is 0.123 e. The molecule has 0 saturated carbocycles. The SMILES string of the molecule is Fc1ccc2c(c1)c1cc(F)ccc1n2-c1cccc(-c2cc(-c3ccccc3)nc(-c3ccccc3)c2)c1. The lowest BCUT2D eigenvalue weighted by atomic mass is 9.99. The largest absolute Gasteiger partial charge is 0.309 e. The third kappa shape index (κ3) is 4.16. The fourth-order valence-electron chi connectivity index (χ4n) is 5.28. The normalized spacial score (nSPS) is 11.3. The highest BCUT2D eigenvalue weighted by molar-refractivity contribution is 6.09. The Morgan fingerprint density at radius 3 is 1.49 bits per heavy atom. The lowest BCUT2D eigenvalue weighted by Crippen LogP contribution is -1.95. The molecule has 0 aliphatic heterocycles. The number of fused-ring (bicyclic) bond motifs is 3. The molecule has 0 radical (unpaired) electrons. The highest BCUT2D eigenvalue weighted by Gasteiger charge is 2.15. The summed E-state index contributed by atoms with van der Waals surface area (Å²) >= 11 is 0. The van der Waals surface area contributed by atoms with Crippen LogP contribution in [0.25, 0.3) is 61.1 Å². The standard InChI is InChI=1S/C35H22F2N2/c36-27-14-16-34-30(21-27)31-22-28(37)15-17-35(31)39(34)29-13-7-12-25(18-29)26-19-32(23-8-3-1-4-9-23)38-33(20-26)24-10-5-2-6-11-24/h1-22H. The molecule has 0 amide bonds. The van der Waals surface area contributed by atoms with Gasteiger partial charge in [0.15, 0.2) is 0 Å². The fourth-order valence-corrected chi connectivity index (χ4v) is 5.28. The van der Waals surface area contributed by atoms with Gasteiger partial charge in [0.2, 0.25) is 0 Å². The summed E-state index contributed by atoms with van der Waals surface area (Å²) in [7, 11) is 0. The number of rotatable bonds is 4. The second-order valence-electron chi connectivity index (χ2n) is 9.57. The molecule has 0 atom stereocenters. The van der Waals surface area contributed by atoms with Gasteiger partial charge in [0.05, 0.1) is 22.4 Å². The van der Waals surface area contributed by atoms with Crippen LogP contribution < -0.4 is 0 Å². The average molecular weight is 509 g/mol. The van der Waals surface area contributed by atoms with Gasteiger partial charge in [0.1, 0.15) is 11.6 Å². The zero-order chi connectivity index (χ0) is 26.3. The molecule has 2 heterocycles. The Morgan fingerprint density at radius 1 is 0.436 bits per heavy atom. The van der Waals surface area contributed by atoms with Crippen LogP contribution in [0.4, 0.5) is 8.78 Å². The molecular weight excluding hydrogens is 486 g/mol. The summed E-state index contributed by atoms with van der Waals surface area (Å²) in [5, 5.41) is 1.35. The third-order valence-electron chi connectivity index (χ3n) is 7.09. The summed E-state index contributed by atoms with van der Waals surface area (Å²) in [4.78, 5) is 4.99. The first kappa shape index (κ1) is 23.1. The van der Waals surface area contributed by atoms with Gasteiger partial charge in [-0.2, -0.15) is 0 Å². The van der Waals surface area contributed by atoms with Crippen molar-refractivity contribution in [3.63, 3.8) is 0 Å². The number of hydrogen-bond donors (Lipinski definition) is 0. The summed E-state index contributed by atoms with van der Waals surface area (Å²) in [5.41, 5.74) is 8.45. The summed E-state index contributed by atoms with van der Waals surface area (Å²) < 4.78 is 30.5. The second kappa shape index (κ2) is 9.34. The van der Waals surface area contributed by atoms with Crippen LogP contribution in [0, 0.1) is 11.6 Å². The van der Waals surface area contributed by atoms with Gasteiger partial charge >= 0.3 is 0 Å². The number of aromatic nitrogens is 2. The van der Waals surface area contributed by atoms with Crippen LogP contribution in [-0.2, 0) is 0 Å². The molecule has 0 spiro atoms. The minimum absolute atomic E-state index is 0.349. The van der Waals surface area contributed by atoms with Crippen LogP contribution in [0.1, 0.15) is 0 Å². The van der Waals surface area contributed by atoms with Gasteiger partial charge in [0, 0.05) is 27.6 Å². The van der Waals surface area contributed by atoms with Crippen LogP contribution in [0.15, 0.2) is 133 Å². The van der Waals surface area contributed by atoms with Crippen LogP contribution in [0.5, 0.6) is 0 Å². The van der Waals surface area contributed by atoms with Gasteiger partial charge in [-0.15, -0.1) is 0 Å². The van der Waals surface area contributed by atoms with Crippen molar-refractivity contribution in [1.29, 1.82) is 0 Å². The average Bonchev–Trinajstić information content (AvgIpc) is 3.30. The predicted molar refractivity (Wildman–Crippen MR) is 155 cm³/mol. The van der Waals surface area contributed by atoms with E-state index in [1.807, 2.05) is 48.5 Å². The Morgan fingerprint density at radius 2 is 0.949 bits per heavy atom. The molecule has 39 heavy (non-hydrogen) atoms. The highest BCUT2D eigenvalue weighted by Crippen LogP contribution is 2.35. The molecule has 0 N–H and O–H groups in total. The topological polar surface area (TPSA) is 17.8 Å². The van der Waals surface area contributed by atoms with Gasteiger partial charge in [-0.25, -0.2) is 13.8 Å². The van der Waals surface area contributed by atoms with Crippen LogP contribution in [0.2, 0.25) is 0 Å². The van der Waals surface area contributed by atoms with Crippen molar-refractivity contribution in [3.05, 3.63) is 145 Å². The number of hydrogen-bond acceptors (Lipinski definition) is 1. The lowest BCUT2D eigenvalue weighted by Gasteiger charge is -2.13. The Kier molecular flexibility index (Phi) is 5.52. The zero-order valence-electron chi connectivity index (χ0n) is 20.9. The maximum atomic E-state index is 14.2. The van der Waals surface area contributed by atoms with E-state index in [0.29, 0.717) is 10.8 Å². The molecule has 186 valence electrons. The monoisotopic (exact) mass is 508 g/mol. The molecular formula is C35H22F2N2. The maximum absolute atomic E-state index is 14.2. The molecule has 5 aromatic carbocycles. The van der Waals surface area contributed by atoms with E-state index in [9.17, 15) is 8.78 Å². The van der Waals surface area contributed by atoms with Crippen molar-refractivity contribution in [2.45, 2.75) is 0 Å². The predicted octanol–water partition coefficient (Wildman–Crippen LogP) is 9.46. The number of halogens is 2. The van der Waals surface area contributed by atoms with E-state index >= 15 is 0 Å². The van der Waals surface area contributed by atoms with E-state index in [1.54, 1.807) is 12.1 Å². The minimum atomic E-state index is -0.349. The Bertz CT molecular complexity index is 1860. The molecule has 7 aromatic rings. The van der Waals surface area contributed by atoms with Crippen molar-refractivity contribution in [1.82, 2.24) is 9.55 Å². The lowest BCUT2D eigenvalue weighted by molar-refractivity contribution is 0.628. The molecule has 0 bridgehead atoms. The zero-order valence-corrected chi connectivity index (χ0v) is 20.9. The van der Waals surface area contributed by atoms with E-state index in [0.717, 1.165) is 50.4 Å². The van der Waals surface area contributed by atoms with Crippen molar-refractivity contribution in [2.75, 3.05) is 0 Å². The first-order valence-electron chi connectivity index (χ1n) is 12.8. The van der Waals surface area contributed by atoms with E-state index in [4.69, 9.17) is 4.98 Å². The molecule has 4 heteroatoms.